The molecule has 0 N–H and O–H groups in total. The molecule has 0 rings (SSSR count). The second-order valence-corrected chi connectivity index (χ2v) is 1.51. The van der Waals surface area contributed by atoms with E-state index in [1.807, 2.05) is 0 Å². The van der Waals surface area contributed by atoms with Crippen LogP contribution in [-0.4, -0.2) is 23.9 Å². The van der Waals surface area contributed by atoms with E-state index >= 15 is 0 Å². The Balaban J connectivity index is 0. The average molecular weight is 164 g/mol. The van der Waals surface area contributed by atoms with Crippen LogP contribution in [0.5, 0.6) is 0 Å². The Labute approximate surface area is 68.5 Å². The molecule has 1 amide bonds. The van der Waals surface area contributed by atoms with E-state index in [1.165, 1.54) is 6.92 Å². The quantitative estimate of drug-likeness (QED) is 0.544. The van der Waals surface area contributed by atoms with E-state index in [-0.39, 0.29) is 24.5 Å². The van der Waals surface area contributed by atoms with Gasteiger partial charge in [0.05, 0.1) is 0 Å². The molecule has 0 saturated heterocycles. The third kappa shape index (κ3) is 4.55. The fourth-order valence-electron chi connectivity index (χ4n) is 0.427. The Bertz CT molecular complexity index is 81.1. The summed E-state index contributed by atoms with van der Waals surface area (Å²) in [6.07, 6.45) is 0. The largest absolute Gasteiger partial charge is 2.00 e. The van der Waals surface area contributed by atoms with Crippen LogP contribution in [0, 0.1) is 13.8 Å². The third-order valence-corrected chi connectivity index (χ3v) is 0.985. The summed E-state index contributed by atoms with van der Waals surface area (Å²) >= 11 is 0. The Kier molecular flexibility index (Phi) is 8.10. The third-order valence-electron chi connectivity index (χ3n) is 0.985. The van der Waals surface area contributed by atoms with Crippen LogP contribution in [0.4, 0.5) is 0 Å². The minimum atomic E-state index is 0. The van der Waals surface area contributed by atoms with E-state index in [2.05, 4.69) is 13.8 Å². The molecule has 0 saturated carbocycles. The zero-order valence-electron chi connectivity index (χ0n) is 5.63. The predicted octanol–water partition coefficient (Wildman–Crippen LogP) is 0.501. The molecule has 0 heterocycles. The van der Waals surface area contributed by atoms with Crippen LogP contribution < -0.4 is 0 Å². The Hall–Kier alpha value is 0.0544. The van der Waals surface area contributed by atoms with Gasteiger partial charge in [0.25, 0.3) is 0 Å². The van der Waals surface area contributed by atoms with Gasteiger partial charge >= 0.3 is 18.6 Å². The molecule has 0 aliphatic carbocycles. The summed E-state index contributed by atoms with van der Waals surface area (Å²) in [5.41, 5.74) is 0. The number of rotatable bonds is 2. The molecule has 1 radical (unpaired) electrons. The van der Waals surface area contributed by atoms with Gasteiger partial charge in [-0.05, 0) is 0 Å². The first kappa shape index (κ1) is 11.8. The van der Waals surface area contributed by atoms with E-state index in [1.54, 1.807) is 4.90 Å². The zero-order valence-corrected chi connectivity index (χ0v) is 7.03. The van der Waals surface area contributed by atoms with E-state index in [4.69, 9.17) is 0 Å². The fraction of sp³-hybridized carbons (Fsp3) is 0.500. The first-order valence-electron chi connectivity index (χ1n) is 2.56. The Morgan fingerprint density at radius 3 is 1.78 bits per heavy atom. The van der Waals surface area contributed by atoms with Crippen molar-refractivity contribution >= 4 is 5.91 Å². The van der Waals surface area contributed by atoms with Gasteiger partial charge in [-0.1, -0.05) is 0 Å². The zero-order chi connectivity index (χ0) is 6.57. The summed E-state index contributed by atoms with van der Waals surface area (Å²) < 4.78 is 0. The summed E-state index contributed by atoms with van der Waals surface area (Å²) in [5.74, 6) is 0.0370. The minimum absolute atomic E-state index is 0. The van der Waals surface area contributed by atoms with Crippen LogP contribution in [-0.2, 0) is 23.4 Å². The maximum absolute atomic E-state index is 10.5. The number of carbonyl (C=O) groups is 1. The molecular weight excluding hydrogens is 153 g/mol. The topological polar surface area (TPSA) is 20.3 Å². The molecule has 0 aromatic heterocycles. The molecule has 3 heteroatoms. The van der Waals surface area contributed by atoms with Crippen LogP contribution in [0.3, 0.4) is 0 Å². The summed E-state index contributed by atoms with van der Waals surface area (Å²) in [7, 11) is 0. The second-order valence-electron chi connectivity index (χ2n) is 1.51. The van der Waals surface area contributed by atoms with Gasteiger partial charge in [0.1, 0.15) is 0 Å². The van der Waals surface area contributed by atoms with Gasteiger partial charge in [-0.3, -0.25) is 4.79 Å². The first-order valence-corrected chi connectivity index (χ1v) is 2.56. The number of carbonyl (C=O) groups excluding carboxylic acids is 1. The Morgan fingerprint density at radius 2 is 1.78 bits per heavy atom. The standard InChI is InChI=1S/C6H11NO.V/c1-4-7(5-2)6(3)8;/h1-2,4-5H2,3H3;/q-2;+2. The van der Waals surface area contributed by atoms with Crippen LogP contribution >= 0.6 is 0 Å². The van der Waals surface area contributed by atoms with Crippen LogP contribution in [0.25, 0.3) is 0 Å². The molecule has 9 heavy (non-hydrogen) atoms. The summed E-state index contributed by atoms with van der Waals surface area (Å²) in [6, 6.07) is 0. The van der Waals surface area contributed by atoms with Gasteiger partial charge in [-0.25, -0.2) is 0 Å². The summed E-state index contributed by atoms with van der Waals surface area (Å²) in [4.78, 5) is 12.0. The molecule has 51 valence electrons. The molecule has 0 aliphatic rings. The number of nitrogens with zero attached hydrogens (tertiary/aromatic N) is 1. The van der Waals surface area contributed by atoms with Crippen molar-refractivity contribution < 1.29 is 23.4 Å². The van der Waals surface area contributed by atoms with E-state index < -0.39 is 0 Å². The van der Waals surface area contributed by atoms with Gasteiger partial charge in [0, 0.05) is 6.92 Å². The second kappa shape index (κ2) is 6.18. The fourth-order valence-corrected chi connectivity index (χ4v) is 0.427. The van der Waals surface area contributed by atoms with Crippen molar-refractivity contribution in [1.29, 1.82) is 0 Å². The maximum Gasteiger partial charge on any atom is 2.00 e. The first-order chi connectivity index (χ1) is 3.72. The minimum Gasteiger partial charge on any atom is -0.403 e. The van der Waals surface area contributed by atoms with Gasteiger partial charge in [-0.15, -0.1) is 13.1 Å². The molecule has 0 aliphatic heterocycles. The molecule has 0 bridgehead atoms. The predicted molar refractivity (Wildman–Crippen MR) is 33.0 cm³/mol. The number of amides is 1. The van der Waals surface area contributed by atoms with Crippen molar-refractivity contribution in [1.82, 2.24) is 4.90 Å². The number of hydrogen-bond donors (Lipinski definition) is 0. The van der Waals surface area contributed by atoms with Crippen LogP contribution in [0.1, 0.15) is 6.92 Å². The summed E-state index contributed by atoms with van der Waals surface area (Å²) in [5, 5.41) is 0. The smallest absolute Gasteiger partial charge is 0.403 e. The molecule has 0 atom stereocenters. The normalized spacial score (nSPS) is 7.89. The molecule has 0 unspecified atom stereocenters. The average Bonchev–Trinajstić information content (AvgIpc) is 1.69. The molecule has 2 nitrogen and oxygen atoms in total. The van der Waals surface area contributed by atoms with Crippen molar-refractivity contribution in [3.05, 3.63) is 13.8 Å². The van der Waals surface area contributed by atoms with Gasteiger partial charge in [-0.2, -0.15) is 0 Å². The SMILES string of the molecule is [CH2-]CN(C[CH2-])C(C)=O.[V+2]. The van der Waals surface area contributed by atoms with E-state index in [0.29, 0.717) is 13.1 Å². The van der Waals surface area contributed by atoms with Crippen molar-refractivity contribution in [3.8, 4) is 0 Å². The molecular formula is C6H11NOV. The van der Waals surface area contributed by atoms with Crippen molar-refractivity contribution in [2.24, 2.45) is 0 Å². The Morgan fingerprint density at radius 1 is 1.44 bits per heavy atom. The summed E-state index contributed by atoms with van der Waals surface area (Å²) in [6.45, 7) is 9.62. The van der Waals surface area contributed by atoms with Crippen molar-refractivity contribution in [2.75, 3.05) is 13.1 Å². The monoisotopic (exact) mass is 164 g/mol. The molecule has 0 spiro atoms. The number of hydrogen-bond acceptors (Lipinski definition) is 1. The maximum atomic E-state index is 10.5. The van der Waals surface area contributed by atoms with Crippen molar-refractivity contribution in [2.45, 2.75) is 6.92 Å². The van der Waals surface area contributed by atoms with Gasteiger partial charge in [0.2, 0.25) is 5.91 Å². The van der Waals surface area contributed by atoms with Gasteiger partial charge in [0.15, 0.2) is 0 Å². The van der Waals surface area contributed by atoms with E-state index in [9.17, 15) is 4.79 Å². The van der Waals surface area contributed by atoms with E-state index in [0.717, 1.165) is 0 Å². The molecule has 0 aromatic rings. The molecule has 0 aromatic carbocycles. The van der Waals surface area contributed by atoms with Crippen molar-refractivity contribution in [3.63, 3.8) is 0 Å². The van der Waals surface area contributed by atoms with Crippen LogP contribution in [0.15, 0.2) is 0 Å². The van der Waals surface area contributed by atoms with Crippen LogP contribution in [0.2, 0.25) is 0 Å². The van der Waals surface area contributed by atoms with Gasteiger partial charge < -0.3 is 18.7 Å². The molecule has 0 fully saturated rings.